The standard InChI is InChI=1S/C4H6F2N2/c1-2-3-7-8-4(5)6/h3H,2H2,1H3/b7-3+. The van der Waals surface area contributed by atoms with Gasteiger partial charge in [-0.3, -0.25) is 0 Å². The Morgan fingerprint density at radius 3 is 2.62 bits per heavy atom. The van der Waals surface area contributed by atoms with Crippen LogP contribution in [0, 0.1) is 0 Å². The van der Waals surface area contributed by atoms with Gasteiger partial charge in [0.25, 0.3) is 0 Å². The van der Waals surface area contributed by atoms with Gasteiger partial charge in [-0.2, -0.15) is 5.10 Å². The van der Waals surface area contributed by atoms with Crippen molar-refractivity contribution in [2.75, 3.05) is 0 Å². The smallest absolute Gasteiger partial charge is 0.158 e. The van der Waals surface area contributed by atoms with Crippen LogP contribution in [0.25, 0.3) is 0 Å². The average Bonchev–Trinajstić information content (AvgIpc) is 1.66. The molecular formula is C4H6F2N2. The first kappa shape index (κ1) is 7.20. The van der Waals surface area contributed by atoms with E-state index in [9.17, 15) is 8.78 Å². The fourth-order valence-corrected chi connectivity index (χ4v) is 0.166. The van der Waals surface area contributed by atoms with Crippen LogP contribution >= 0.6 is 0 Å². The summed E-state index contributed by atoms with van der Waals surface area (Å²) in [6.07, 6.45) is -0.0784. The maximum absolute atomic E-state index is 11.0. The minimum absolute atomic E-state index is 0.622. The van der Waals surface area contributed by atoms with E-state index in [0.717, 1.165) is 0 Å². The number of hydrogen-bond acceptors (Lipinski definition) is 2. The summed E-state index contributed by atoms with van der Waals surface area (Å²) < 4.78 is 22.0. The van der Waals surface area contributed by atoms with E-state index < -0.39 is 6.22 Å². The zero-order valence-electron chi connectivity index (χ0n) is 4.43. The highest BCUT2D eigenvalue weighted by atomic mass is 19.3. The predicted molar refractivity (Wildman–Crippen MR) is 28.4 cm³/mol. The Kier molecular flexibility index (Phi) is 3.93. The highest BCUT2D eigenvalue weighted by molar-refractivity contribution is 5.65. The van der Waals surface area contributed by atoms with Crippen LogP contribution in [-0.4, -0.2) is 12.4 Å². The summed E-state index contributed by atoms with van der Waals surface area (Å²) in [4.78, 5) is 0. The molecule has 0 saturated heterocycles. The molecule has 0 aliphatic heterocycles. The van der Waals surface area contributed by atoms with Crippen LogP contribution in [0.3, 0.4) is 0 Å². The summed E-state index contributed by atoms with van der Waals surface area (Å²) in [6, 6.07) is 0. The zero-order valence-corrected chi connectivity index (χ0v) is 4.43. The van der Waals surface area contributed by atoms with Gasteiger partial charge in [-0.1, -0.05) is 12.0 Å². The SMILES string of the molecule is CC/C=N/N=C(F)F. The molecule has 0 radical (unpaired) electrons. The summed E-state index contributed by atoms with van der Waals surface area (Å²) in [5.41, 5.74) is 0. The maximum atomic E-state index is 11.0. The van der Waals surface area contributed by atoms with Crippen LogP contribution in [0.5, 0.6) is 0 Å². The minimum Gasteiger partial charge on any atom is -0.158 e. The van der Waals surface area contributed by atoms with E-state index in [-0.39, 0.29) is 0 Å². The van der Waals surface area contributed by atoms with Crippen molar-refractivity contribution >= 4 is 12.4 Å². The molecule has 2 nitrogen and oxygen atoms in total. The van der Waals surface area contributed by atoms with Gasteiger partial charge in [0.05, 0.1) is 0 Å². The molecule has 0 aliphatic rings. The molecule has 0 aromatic heterocycles. The molecule has 0 aliphatic carbocycles. The average molecular weight is 120 g/mol. The molecule has 0 N–H and O–H groups in total. The fraction of sp³-hybridized carbons (Fsp3) is 0.500. The van der Waals surface area contributed by atoms with Crippen LogP contribution in [0.15, 0.2) is 10.2 Å². The molecule has 0 spiro atoms. The van der Waals surface area contributed by atoms with Crippen molar-refractivity contribution < 1.29 is 8.78 Å². The van der Waals surface area contributed by atoms with Crippen molar-refractivity contribution in [2.24, 2.45) is 10.2 Å². The third-order valence-electron chi connectivity index (χ3n) is 0.398. The van der Waals surface area contributed by atoms with E-state index >= 15 is 0 Å². The zero-order chi connectivity index (χ0) is 6.41. The molecule has 8 heavy (non-hydrogen) atoms. The third kappa shape index (κ3) is 5.20. The Hall–Kier alpha value is -0.800. The van der Waals surface area contributed by atoms with Crippen molar-refractivity contribution in [2.45, 2.75) is 13.3 Å². The van der Waals surface area contributed by atoms with Crippen LogP contribution in [0.1, 0.15) is 13.3 Å². The quantitative estimate of drug-likeness (QED) is 0.391. The highest BCUT2D eigenvalue weighted by Gasteiger charge is 1.81. The molecule has 0 amide bonds. The number of nitrogens with zero attached hydrogens (tertiary/aromatic N) is 2. The van der Waals surface area contributed by atoms with Crippen molar-refractivity contribution in [3.8, 4) is 0 Å². The van der Waals surface area contributed by atoms with Gasteiger partial charge in [-0.05, 0) is 6.42 Å². The van der Waals surface area contributed by atoms with Crippen molar-refractivity contribution in [3.63, 3.8) is 0 Å². The van der Waals surface area contributed by atoms with Crippen molar-refractivity contribution in [1.82, 2.24) is 0 Å². The first-order valence-electron chi connectivity index (χ1n) is 2.18. The van der Waals surface area contributed by atoms with Crippen molar-refractivity contribution in [3.05, 3.63) is 0 Å². The molecule has 0 unspecified atom stereocenters. The summed E-state index contributed by atoms with van der Waals surface area (Å²) in [6.45, 7) is 1.79. The lowest BCUT2D eigenvalue weighted by molar-refractivity contribution is 0.608. The first-order chi connectivity index (χ1) is 3.77. The van der Waals surface area contributed by atoms with Gasteiger partial charge >= 0.3 is 6.22 Å². The second-order valence-corrected chi connectivity index (χ2v) is 1.05. The van der Waals surface area contributed by atoms with E-state index in [4.69, 9.17) is 0 Å². The van der Waals surface area contributed by atoms with Gasteiger partial charge < -0.3 is 0 Å². The maximum Gasteiger partial charge on any atom is 0.383 e. The number of halogens is 2. The molecule has 0 aromatic rings. The van der Waals surface area contributed by atoms with E-state index in [1.807, 2.05) is 0 Å². The summed E-state index contributed by atoms with van der Waals surface area (Å²) in [5.74, 6) is 0. The van der Waals surface area contributed by atoms with Crippen LogP contribution in [0.4, 0.5) is 8.78 Å². The van der Waals surface area contributed by atoms with E-state index in [1.165, 1.54) is 6.21 Å². The number of rotatable bonds is 2. The second-order valence-electron chi connectivity index (χ2n) is 1.05. The van der Waals surface area contributed by atoms with E-state index in [2.05, 4.69) is 10.2 Å². The molecule has 0 aromatic carbocycles. The second kappa shape index (κ2) is 4.36. The monoisotopic (exact) mass is 120 g/mol. The largest absolute Gasteiger partial charge is 0.383 e. The summed E-state index contributed by atoms with van der Waals surface area (Å²) in [7, 11) is 0. The van der Waals surface area contributed by atoms with E-state index in [0.29, 0.717) is 6.42 Å². The van der Waals surface area contributed by atoms with Gasteiger partial charge in [-0.15, -0.1) is 8.78 Å². The fourth-order valence-electron chi connectivity index (χ4n) is 0.166. The molecular weight excluding hydrogens is 114 g/mol. The molecule has 0 atom stereocenters. The van der Waals surface area contributed by atoms with E-state index in [1.54, 1.807) is 6.92 Å². The first-order valence-corrected chi connectivity index (χ1v) is 2.18. The van der Waals surface area contributed by atoms with Crippen LogP contribution in [0.2, 0.25) is 0 Å². The summed E-state index contributed by atoms with van der Waals surface area (Å²) >= 11 is 0. The topological polar surface area (TPSA) is 24.7 Å². The van der Waals surface area contributed by atoms with Gasteiger partial charge in [0.15, 0.2) is 0 Å². The molecule has 0 heterocycles. The lowest BCUT2D eigenvalue weighted by atomic mass is 10.6. The normalized spacial score (nSPS) is 9.88. The van der Waals surface area contributed by atoms with Crippen LogP contribution in [-0.2, 0) is 0 Å². The Morgan fingerprint density at radius 2 is 2.25 bits per heavy atom. The highest BCUT2D eigenvalue weighted by Crippen LogP contribution is 1.81. The third-order valence-corrected chi connectivity index (χ3v) is 0.398. The molecule has 46 valence electrons. The molecule has 0 rings (SSSR count). The molecule has 4 heteroatoms. The molecule has 0 bridgehead atoms. The number of hydrogen-bond donors (Lipinski definition) is 0. The van der Waals surface area contributed by atoms with Gasteiger partial charge in [0.1, 0.15) is 0 Å². The van der Waals surface area contributed by atoms with Gasteiger partial charge in [-0.25, -0.2) is 0 Å². The predicted octanol–water partition coefficient (Wildman–Crippen LogP) is 1.68. The summed E-state index contributed by atoms with van der Waals surface area (Å²) in [5, 5.41) is 5.47. The van der Waals surface area contributed by atoms with Crippen molar-refractivity contribution in [1.29, 1.82) is 0 Å². The molecule has 0 fully saturated rings. The van der Waals surface area contributed by atoms with Crippen LogP contribution < -0.4 is 0 Å². The Balaban J connectivity index is 3.42. The lowest BCUT2D eigenvalue weighted by Gasteiger charge is -1.72. The Labute approximate surface area is 45.9 Å². The molecule has 0 saturated carbocycles. The van der Waals surface area contributed by atoms with Gasteiger partial charge in [0, 0.05) is 6.21 Å². The minimum atomic E-state index is -2.00. The Morgan fingerprint density at radius 1 is 1.62 bits per heavy atom. The Bertz CT molecular complexity index is 105. The van der Waals surface area contributed by atoms with Gasteiger partial charge in [0.2, 0.25) is 0 Å². The lowest BCUT2D eigenvalue weighted by Crippen LogP contribution is -1.71.